The van der Waals surface area contributed by atoms with Crippen LogP contribution in [0.4, 0.5) is 0 Å². The molecule has 0 amide bonds. The molecule has 0 aliphatic heterocycles. The van der Waals surface area contributed by atoms with Gasteiger partial charge in [0.25, 0.3) is 0 Å². The molecule has 0 aromatic heterocycles. The SMILES string of the molecule is O=C(CC1CCCCC1)CC1CC(NCCC2CCCC2)C1. The second kappa shape index (κ2) is 8.47. The van der Waals surface area contributed by atoms with E-state index in [4.69, 9.17) is 0 Å². The van der Waals surface area contributed by atoms with Crippen molar-refractivity contribution in [2.24, 2.45) is 17.8 Å². The van der Waals surface area contributed by atoms with E-state index >= 15 is 0 Å². The Bertz CT molecular complexity index is 336. The topological polar surface area (TPSA) is 29.1 Å². The van der Waals surface area contributed by atoms with E-state index in [1.54, 1.807) is 0 Å². The second-order valence-corrected chi connectivity index (χ2v) is 8.38. The predicted molar refractivity (Wildman–Crippen MR) is 91.9 cm³/mol. The third-order valence-electron chi connectivity index (χ3n) is 6.45. The number of ketones is 1. The fraction of sp³-hybridized carbons (Fsp3) is 0.950. The average Bonchev–Trinajstić information content (AvgIpc) is 2.99. The first-order chi connectivity index (χ1) is 10.8. The molecule has 3 fully saturated rings. The number of carbonyl (C=O) groups excluding carboxylic acids is 1. The standard InChI is InChI=1S/C20H35NO/c22-20(14-17-8-2-1-3-9-17)15-18-12-19(13-18)21-11-10-16-6-4-5-7-16/h16-19,21H,1-15H2. The molecule has 3 rings (SSSR count). The molecule has 0 atom stereocenters. The van der Waals surface area contributed by atoms with Crippen molar-refractivity contribution in [1.82, 2.24) is 5.32 Å². The normalized spacial score (nSPS) is 30.4. The molecular formula is C20H35NO. The fourth-order valence-electron chi connectivity index (χ4n) is 4.98. The van der Waals surface area contributed by atoms with Gasteiger partial charge in [0, 0.05) is 18.9 Å². The smallest absolute Gasteiger partial charge is 0.133 e. The predicted octanol–water partition coefficient (Wildman–Crippen LogP) is 4.86. The van der Waals surface area contributed by atoms with Gasteiger partial charge in [-0.2, -0.15) is 0 Å². The third kappa shape index (κ3) is 5.08. The highest BCUT2D eigenvalue weighted by Crippen LogP contribution is 2.33. The molecular weight excluding hydrogens is 270 g/mol. The zero-order valence-corrected chi connectivity index (χ0v) is 14.3. The van der Waals surface area contributed by atoms with Gasteiger partial charge in [0.15, 0.2) is 0 Å². The van der Waals surface area contributed by atoms with Gasteiger partial charge in [0.05, 0.1) is 0 Å². The number of rotatable bonds is 8. The van der Waals surface area contributed by atoms with Crippen molar-refractivity contribution in [3.63, 3.8) is 0 Å². The summed E-state index contributed by atoms with van der Waals surface area (Å²) < 4.78 is 0. The molecule has 2 heteroatoms. The van der Waals surface area contributed by atoms with E-state index in [0.717, 1.165) is 24.7 Å². The zero-order valence-electron chi connectivity index (χ0n) is 14.3. The molecule has 0 unspecified atom stereocenters. The highest BCUT2D eigenvalue weighted by atomic mass is 16.1. The highest BCUT2D eigenvalue weighted by molar-refractivity contribution is 5.79. The Morgan fingerprint density at radius 3 is 2.09 bits per heavy atom. The van der Waals surface area contributed by atoms with Gasteiger partial charge in [-0.3, -0.25) is 4.79 Å². The summed E-state index contributed by atoms with van der Waals surface area (Å²) >= 11 is 0. The van der Waals surface area contributed by atoms with Gasteiger partial charge in [0.2, 0.25) is 0 Å². The molecule has 3 aliphatic rings. The molecule has 3 aliphatic carbocycles. The number of carbonyl (C=O) groups is 1. The summed E-state index contributed by atoms with van der Waals surface area (Å²) in [4.78, 5) is 12.2. The van der Waals surface area contributed by atoms with Crippen LogP contribution in [-0.2, 0) is 4.79 Å². The van der Waals surface area contributed by atoms with Crippen LogP contribution in [0.5, 0.6) is 0 Å². The molecule has 3 saturated carbocycles. The second-order valence-electron chi connectivity index (χ2n) is 8.38. The van der Waals surface area contributed by atoms with Gasteiger partial charge < -0.3 is 5.32 Å². The third-order valence-corrected chi connectivity index (χ3v) is 6.45. The Kier molecular flexibility index (Phi) is 6.35. The van der Waals surface area contributed by atoms with Crippen LogP contribution in [-0.4, -0.2) is 18.4 Å². The first-order valence-electron chi connectivity index (χ1n) is 10.0. The zero-order chi connectivity index (χ0) is 15.2. The first kappa shape index (κ1) is 16.5. The Morgan fingerprint density at radius 2 is 1.36 bits per heavy atom. The summed E-state index contributed by atoms with van der Waals surface area (Å²) in [7, 11) is 0. The Labute approximate surface area is 136 Å². The van der Waals surface area contributed by atoms with Crippen LogP contribution in [0.15, 0.2) is 0 Å². The van der Waals surface area contributed by atoms with E-state index in [2.05, 4.69) is 5.32 Å². The summed E-state index contributed by atoms with van der Waals surface area (Å²) in [6.07, 6.45) is 18.2. The Morgan fingerprint density at radius 1 is 0.773 bits per heavy atom. The maximum Gasteiger partial charge on any atom is 0.133 e. The summed E-state index contributed by atoms with van der Waals surface area (Å²) in [6, 6.07) is 0.717. The molecule has 22 heavy (non-hydrogen) atoms. The Hall–Kier alpha value is -0.370. The summed E-state index contributed by atoms with van der Waals surface area (Å²) in [5, 5.41) is 3.72. The molecule has 0 bridgehead atoms. The molecule has 0 radical (unpaired) electrons. The quantitative estimate of drug-likeness (QED) is 0.693. The van der Waals surface area contributed by atoms with Gasteiger partial charge in [0.1, 0.15) is 5.78 Å². The lowest BCUT2D eigenvalue weighted by Crippen LogP contribution is -2.42. The van der Waals surface area contributed by atoms with Crippen LogP contribution in [0.1, 0.15) is 89.9 Å². The van der Waals surface area contributed by atoms with Crippen LogP contribution in [0.3, 0.4) is 0 Å². The summed E-state index contributed by atoms with van der Waals surface area (Å²) in [6.45, 7) is 1.21. The van der Waals surface area contributed by atoms with Crippen molar-refractivity contribution in [2.45, 2.75) is 95.9 Å². The van der Waals surface area contributed by atoms with E-state index in [9.17, 15) is 4.79 Å². The van der Waals surface area contributed by atoms with E-state index in [0.29, 0.717) is 17.7 Å². The van der Waals surface area contributed by atoms with E-state index < -0.39 is 0 Å². The lowest BCUT2D eigenvalue weighted by Gasteiger charge is -2.36. The van der Waals surface area contributed by atoms with Crippen molar-refractivity contribution in [1.29, 1.82) is 0 Å². The van der Waals surface area contributed by atoms with Crippen LogP contribution in [0.25, 0.3) is 0 Å². The van der Waals surface area contributed by atoms with E-state index in [-0.39, 0.29) is 0 Å². The average molecular weight is 306 g/mol. The number of hydrogen-bond donors (Lipinski definition) is 1. The van der Waals surface area contributed by atoms with Gasteiger partial charge in [-0.1, -0.05) is 57.8 Å². The summed E-state index contributed by atoms with van der Waals surface area (Å²) in [5.41, 5.74) is 0. The number of Topliss-reactive ketones (excluding diaryl/α,β-unsaturated/α-hetero) is 1. The molecule has 0 saturated heterocycles. The maximum atomic E-state index is 12.2. The van der Waals surface area contributed by atoms with Crippen LogP contribution in [0.2, 0.25) is 0 Å². The molecule has 1 N–H and O–H groups in total. The van der Waals surface area contributed by atoms with Crippen molar-refractivity contribution < 1.29 is 4.79 Å². The minimum atomic E-state index is 0.557. The van der Waals surface area contributed by atoms with Gasteiger partial charge in [-0.25, -0.2) is 0 Å². The van der Waals surface area contributed by atoms with E-state index in [1.807, 2.05) is 0 Å². The minimum absolute atomic E-state index is 0.557. The maximum absolute atomic E-state index is 12.2. The van der Waals surface area contributed by atoms with Crippen LogP contribution >= 0.6 is 0 Å². The molecule has 0 heterocycles. The van der Waals surface area contributed by atoms with Gasteiger partial charge in [-0.15, -0.1) is 0 Å². The van der Waals surface area contributed by atoms with Crippen LogP contribution < -0.4 is 5.32 Å². The van der Waals surface area contributed by atoms with E-state index in [1.165, 1.54) is 83.6 Å². The number of hydrogen-bond acceptors (Lipinski definition) is 2. The Balaban J connectivity index is 1.21. The number of nitrogens with one attached hydrogen (secondary N) is 1. The van der Waals surface area contributed by atoms with Crippen molar-refractivity contribution >= 4 is 5.78 Å². The highest BCUT2D eigenvalue weighted by Gasteiger charge is 2.31. The molecule has 0 aromatic rings. The van der Waals surface area contributed by atoms with Crippen molar-refractivity contribution in [2.75, 3.05) is 6.54 Å². The fourth-order valence-corrected chi connectivity index (χ4v) is 4.98. The molecule has 126 valence electrons. The molecule has 2 nitrogen and oxygen atoms in total. The van der Waals surface area contributed by atoms with Crippen LogP contribution in [0, 0.1) is 17.8 Å². The first-order valence-corrected chi connectivity index (χ1v) is 10.0. The largest absolute Gasteiger partial charge is 0.314 e. The summed E-state index contributed by atoms with van der Waals surface area (Å²) in [5.74, 6) is 2.98. The lowest BCUT2D eigenvalue weighted by atomic mass is 9.75. The van der Waals surface area contributed by atoms with Crippen molar-refractivity contribution in [3.8, 4) is 0 Å². The van der Waals surface area contributed by atoms with Gasteiger partial charge in [-0.05, 0) is 43.6 Å². The monoisotopic (exact) mass is 305 g/mol. The molecule has 0 aromatic carbocycles. The van der Waals surface area contributed by atoms with Crippen molar-refractivity contribution in [3.05, 3.63) is 0 Å². The lowest BCUT2D eigenvalue weighted by molar-refractivity contribution is -0.121. The minimum Gasteiger partial charge on any atom is -0.314 e. The van der Waals surface area contributed by atoms with Gasteiger partial charge >= 0.3 is 0 Å². The molecule has 0 spiro atoms.